The second-order valence-electron chi connectivity index (χ2n) is 4.52. The number of rotatable bonds is 10. The number of ether oxygens (including phenoxy) is 1. The Balaban J connectivity index is 3.75. The van der Waals surface area contributed by atoms with Gasteiger partial charge >= 0.3 is 5.97 Å². The molecule has 0 spiro atoms. The molecule has 1 atom stereocenters. The fourth-order valence-corrected chi connectivity index (χ4v) is 2.93. The minimum absolute atomic E-state index is 0.281. The summed E-state index contributed by atoms with van der Waals surface area (Å²) in [7, 11) is 1.31. The lowest BCUT2D eigenvalue weighted by molar-refractivity contribution is -0.139. The number of unbranched alkanes of at least 4 members (excludes halogenated alkanes) is 2. The summed E-state index contributed by atoms with van der Waals surface area (Å²) in [6, 6.07) is 0. The van der Waals surface area contributed by atoms with Gasteiger partial charge in [0, 0.05) is 12.7 Å². The van der Waals surface area contributed by atoms with Crippen molar-refractivity contribution in [1.29, 1.82) is 0 Å². The smallest absolute Gasteiger partial charge is 0.333 e. The Kier molecular flexibility index (Phi) is 10.2. The molecule has 0 aliphatic carbocycles. The van der Waals surface area contributed by atoms with Crippen molar-refractivity contribution in [2.75, 3.05) is 13.7 Å². The Bertz CT molecular complexity index is 229. The lowest BCUT2D eigenvalue weighted by atomic mass is 10.1. The van der Waals surface area contributed by atoms with Crippen LogP contribution in [-0.2, 0) is 14.0 Å². The zero-order valence-electron chi connectivity index (χ0n) is 11.5. The van der Waals surface area contributed by atoms with E-state index in [4.69, 9.17) is 9.16 Å². The van der Waals surface area contributed by atoms with Gasteiger partial charge in [-0.05, 0) is 18.9 Å². The Morgan fingerprint density at radius 1 is 1.35 bits per heavy atom. The predicted octanol–water partition coefficient (Wildman–Crippen LogP) is 2.59. The van der Waals surface area contributed by atoms with Crippen LogP contribution in [0.5, 0.6) is 0 Å². The molecule has 3 nitrogen and oxygen atoms in total. The fraction of sp³-hybridized carbons (Fsp3) is 0.769. The van der Waals surface area contributed by atoms with Crippen LogP contribution >= 0.6 is 0 Å². The number of hydrogen-bond donors (Lipinski definition) is 0. The molecule has 0 rings (SSSR count). The Hall–Kier alpha value is -0.613. The Morgan fingerprint density at radius 2 is 2.06 bits per heavy atom. The number of carbonyl (C=O) groups is 1. The molecule has 17 heavy (non-hydrogen) atoms. The topological polar surface area (TPSA) is 35.5 Å². The molecule has 0 saturated carbocycles. The van der Waals surface area contributed by atoms with Crippen LogP contribution in [0, 0.1) is 0 Å². The molecular weight excluding hydrogens is 232 g/mol. The van der Waals surface area contributed by atoms with Gasteiger partial charge in [-0.25, -0.2) is 4.79 Å². The maximum atomic E-state index is 11.2. The Labute approximate surface area is 108 Å². The van der Waals surface area contributed by atoms with Gasteiger partial charge in [0.2, 0.25) is 0 Å². The third-order valence-electron chi connectivity index (χ3n) is 2.73. The van der Waals surface area contributed by atoms with Gasteiger partial charge in [0.1, 0.15) is 0 Å². The molecular formula is C13H26O3Si. The summed E-state index contributed by atoms with van der Waals surface area (Å²) in [5, 5.41) is 0. The highest BCUT2D eigenvalue weighted by Gasteiger charge is 2.11. The van der Waals surface area contributed by atoms with E-state index in [1.165, 1.54) is 25.7 Å². The highest BCUT2D eigenvalue weighted by atomic mass is 28.2. The average molecular weight is 258 g/mol. The van der Waals surface area contributed by atoms with Crippen LogP contribution in [0.4, 0.5) is 0 Å². The van der Waals surface area contributed by atoms with Crippen LogP contribution in [0.3, 0.4) is 0 Å². The first kappa shape index (κ1) is 16.4. The number of hydrogen-bond acceptors (Lipinski definition) is 3. The van der Waals surface area contributed by atoms with E-state index >= 15 is 0 Å². The molecule has 0 aromatic heterocycles. The summed E-state index contributed by atoms with van der Waals surface area (Å²) in [6.45, 7) is 7.94. The molecule has 0 aromatic carbocycles. The molecule has 0 N–H and O–H groups in total. The van der Waals surface area contributed by atoms with Crippen LogP contribution in [0.1, 0.15) is 46.0 Å². The highest BCUT2D eigenvalue weighted by Crippen LogP contribution is 2.19. The van der Waals surface area contributed by atoms with E-state index in [-0.39, 0.29) is 5.97 Å². The van der Waals surface area contributed by atoms with Gasteiger partial charge in [0.15, 0.2) is 9.76 Å². The molecule has 0 amide bonds. The molecule has 1 unspecified atom stereocenters. The summed E-state index contributed by atoms with van der Waals surface area (Å²) in [4.78, 5) is 11.2. The lowest BCUT2D eigenvalue weighted by Crippen LogP contribution is -2.12. The second kappa shape index (κ2) is 10.5. The van der Waals surface area contributed by atoms with Crippen molar-refractivity contribution in [2.24, 2.45) is 0 Å². The van der Waals surface area contributed by atoms with Crippen LogP contribution in [0.15, 0.2) is 12.2 Å². The monoisotopic (exact) mass is 258 g/mol. The number of carbonyl (C=O) groups excluding carboxylic acids is 1. The normalized spacial score (nSPS) is 12.9. The summed E-state index contributed by atoms with van der Waals surface area (Å²) in [5.74, 6) is -0.281. The van der Waals surface area contributed by atoms with Crippen LogP contribution in [-0.4, -0.2) is 29.4 Å². The predicted molar refractivity (Wildman–Crippen MR) is 73.8 cm³/mol. The fourth-order valence-electron chi connectivity index (χ4n) is 1.67. The van der Waals surface area contributed by atoms with Crippen LogP contribution in [0.2, 0.25) is 5.54 Å². The van der Waals surface area contributed by atoms with Crippen LogP contribution < -0.4 is 0 Å². The van der Waals surface area contributed by atoms with Crippen molar-refractivity contribution in [3.8, 4) is 0 Å². The van der Waals surface area contributed by atoms with E-state index < -0.39 is 9.76 Å². The van der Waals surface area contributed by atoms with Crippen molar-refractivity contribution in [2.45, 2.75) is 51.5 Å². The average Bonchev–Trinajstić information content (AvgIpc) is 2.29. The van der Waals surface area contributed by atoms with Gasteiger partial charge < -0.3 is 9.16 Å². The molecule has 0 heterocycles. The van der Waals surface area contributed by atoms with E-state index in [1.807, 2.05) is 0 Å². The van der Waals surface area contributed by atoms with Gasteiger partial charge in [0.25, 0.3) is 0 Å². The van der Waals surface area contributed by atoms with E-state index in [0.29, 0.717) is 17.7 Å². The summed E-state index contributed by atoms with van der Waals surface area (Å²) >= 11 is 0. The first-order valence-corrected chi connectivity index (χ1v) is 7.82. The molecule has 0 aliphatic heterocycles. The third kappa shape index (κ3) is 9.12. The molecule has 100 valence electrons. The molecule has 4 heteroatoms. The van der Waals surface area contributed by atoms with Crippen LogP contribution in [0.25, 0.3) is 0 Å². The van der Waals surface area contributed by atoms with Crippen molar-refractivity contribution in [3.05, 3.63) is 12.2 Å². The van der Waals surface area contributed by atoms with E-state index in [1.54, 1.807) is 14.0 Å². The molecule has 0 aliphatic rings. The third-order valence-corrected chi connectivity index (χ3v) is 4.35. The molecule has 0 fully saturated rings. The zero-order valence-corrected chi connectivity index (χ0v) is 12.9. The molecule has 0 radical (unpaired) electrons. The minimum Gasteiger partial charge on any atom is -0.462 e. The van der Waals surface area contributed by atoms with Gasteiger partial charge in [-0.1, -0.05) is 39.2 Å². The van der Waals surface area contributed by atoms with Crippen molar-refractivity contribution in [1.82, 2.24) is 0 Å². The Morgan fingerprint density at radius 3 is 2.59 bits per heavy atom. The van der Waals surface area contributed by atoms with Gasteiger partial charge in [-0.2, -0.15) is 0 Å². The minimum atomic E-state index is -0.470. The summed E-state index contributed by atoms with van der Waals surface area (Å²) in [6.07, 6.45) is 5.92. The lowest BCUT2D eigenvalue weighted by Gasteiger charge is -2.15. The first-order valence-electron chi connectivity index (χ1n) is 6.43. The maximum absolute atomic E-state index is 11.2. The molecule has 0 saturated heterocycles. The SMILES string of the molecule is C=C(C)C(=O)OCCC(CCCCC)[SiH2]OC. The summed E-state index contributed by atoms with van der Waals surface area (Å²) < 4.78 is 10.4. The number of esters is 1. The zero-order chi connectivity index (χ0) is 13.1. The second-order valence-corrected chi connectivity index (χ2v) is 6.59. The first-order chi connectivity index (χ1) is 8.11. The molecule has 0 bridgehead atoms. The standard InChI is InChI=1S/C13H26O3Si/c1-5-6-7-8-12(17-15-4)9-10-16-13(14)11(2)3/h12H,2,5-10,17H2,1,3-4H3. The largest absolute Gasteiger partial charge is 0.462 e. The van der Waals surface area contributed by atoms with Gasteiger partial charge in [-0.3, -0.25) is 0 Å². The van der Waals surface area contributed by atoms with E-state index in [2.05, 4.69) is 13.5 Å². The highest BCUT2D eigenvalue weighted by molar-refractivity contribution is 6.29. The van der Waals surface area contributed by atoms with Crippen molar-refractivity contribution >= 4 is 15.7 Å². The van der Waals surface area contributed by atoms with E-state index in [9.17, 15) is 4.79 Å². The van der Waals surface area contributed by atoms with Crippen molar-refractivity contribution < 1.29 is 14.0 Å². The molecule has 0 aromatic rings. The van der Waals surface area contributed by atoms with Gasteiger partial charge in [-0.15, -0.1) is 0 Å². The van der Waals surface area contributed by atoms with Crippen molar-refractivity contribution in [3.63, 3.8) is 0 Å². The maximum Gasteiger partial charge on any atom is 0.333 e. The van der Waals surface area contributed by atoms with E-state index in [0.717, 1.165) is 6.42 Å². The summed E-state index contributed by atoms with van der Waals surface area (Å²) in [5.41, 5.74) is 1.10. The quantitative estimate of drug-likeness (QED) is 0.261. The van der Waals surface area contributed by atoms with Gasteiger partial charge in [0.05, 0.1) is 6.61 Å².